The number of alkyl halides is 3. The van der Waals surface area contributed by atoms with E-state index >= 15 is 0 Å². The number of nitrogens with two attached hydrogens (primary N) is 1. The largest absolute Gasteiger partial charge is 0.409 e. The van der Waals surface area contributed by atoms with Crippen LogP contribution in [0.2, 0.25) is 0 Å². The van der Waals surface area contributed by atoms with Crippen LogP contribution in [0.25, 0.3) is 0 Å². The summed E-state index contributed by atoms with van der Waals surface area (Å²) in [6, 6.07) is 1.07. The van der Waals surface area contributed by atoms with Crippen LogP contribution in [-0.4, -0.2) is 24.2 Å². The monoisotopic (exact) mass is 297 g/mol. The van der Waals surface area contributed by atoms with E-state index in [1.807, 2.05) is 0 Å². The third-order valence-electron chi connectivity index (χ3n) is 1.87. The fraction of sp³-hybridized carbons (Fsp3) is 0.444. The van der Waals surface area contributed by atoms with Gasteiger partial charge in [-0.2, -0.15) is 13.2 Å². The topological polar surface area (TPSA) is 50.9 Å². The molecule has 1 aromatic rings. The van der Waals surface area contributed by atoms with Crippen molar-refractivity contribution in [2.24, 2.45) is 5.73 Å². The lowest BCUT2D eigenvalue weighted by Crippen LogP contribution is -2.37. The second-order valence-electron chi connectivity index (χ2n) is 3.12. The summed E-state index contributed by atoms with van der Waals surface area (Å²) in [5, 5.41) is 2.32. The van der Waals surface area contributed by atoms with Gasteiger partial charge in [0.2, 0.25) is 0 Å². The van der Waals surface area contributed by atoms with Gasteiger partial charge < -0.3 is 5.73 Å². The highest BCUT2D eigenvalue weighted by Crippen LogP contribution is 2.31. The molecule has 0 saturated carbocycles. The molecule has 0 aliphatic heterocycles. The van der Waals surface area contributed by atoms with Gasteiger partial charge in [0, 0.05) is 23.8 Å². The van der Waals surface area contributed by atoms with Gasteiger partial charge in [-0.1, -0.05) is 0 Å². The lowest BCUT2D eigenvalue weighted by atomic mass is 10.2. The van der Waals surface area contributed by atoms with Crippen molar-refractivity contribution >= 4 is 15.9 Å². The molecule has 0 bridgehead atoms. The molecule has 16 heavy (non-hydrogen) atoms. The Morgan fingerprint density at radius 1 is 1.44 bits per heavy atom. The molecule has 1 heterocycles. The molecule has 0 spiro atoms. The van der Waals surface area contributed by atoms with E-state index in [0.29, 0.717) is 4.47 Å². The highest BCUT2D eigenvalue weighted by atomic mass is 79.9. The molecular formula is C9H11BrF3N3. The van der Waals surface area contributed by atoms with Crippen molar-refractivity contribution in [2.45, 2.75) is 12.2 Å². The van der Waals surface area contributed by atoms with Crippen molar-refractivity contribution < 1.29 is 13.2 Å². The van der Waals surface area contributed by atoms with Crippen LogP contribution in [-0.2, 0) is 0 Å². The standard InChI is InChI=1S/C9H11BrF3N3/c10-6-1-2-7(16-5-6)8(9(11,12)13)15-4-3-14/h1-2,5,8,15H,3-4,14H2. The Hall–Kier alpha value is -0.660. The summed E-state index contributed by atoms with van der Waals surface area (Å²) in [5.74, 6) is 0. The number of hydrogen-bond donors (Lipinski definition) is 2. The zero-order chi connectivity index (χ0) is 12.2. The molecule has 0 aliphatic rings. The van der Waals surface area contributed by atoms with E-state index in [0.717, 1.165) is 0 Å². The average molecular weight is 298 g/mol. The van der Waals surface area contributed by atoms with Crippen molar-refractivity contribution in [3.8, 4) is 0 Å². The normalized spacial score (nSPS) is 13.8. The molecule has 0 amide bonds. The second-order valence-corrected chi connectivity index (χ2v) is 4.03. The van der Waals surface area contributed by atoms with Crippen molar-refractivity contribution in [1.29, 1.82) is 0 Å². The molecule has 7 heteroatoms. The van der Waals surface area contributed by atoms with E-state index in [1.54, 1.807) is 0 Å². The number of aromatic nitrogens is 1. The Balaban J connectivity index is 2.88. The van der Waals surface area contributed by atoms with Crippen molar-refractivity contribution in [3.05, 3.63) is 28.5 Å². The number of pyridine rings is 1. The minimum Gasteiger partial charge on any atom is -0.329 e. The van der Waals surface area contributed by atoms with Gasteiger partial charge in [-0.05, 0) is 28.1 Å². The van der Waals surface area contributed by atoms with Crippen LogP contribution in [0, 0.1) is 0 Å². The lowest BCUT2D eigenvalue weighted by Gasteiger charge is -2.20. The van der Waals surface area contributed by atoms with Crippen LogP contribution in [0.1, 0.15) is 11.7 Å². The van der Waals surface area contributed by atoms with E-state index < -0.39 is 12.2 Å². The summed E-state index contributed by atoms with van der Waals surface area (Å²) in [4.78, 5) is 3.73. The summed E-state index contributed by atoms with van der Waals surface area (Å²) < 4.78 is 38.7. The van der Waals surface area contributed by atoms with E-state index in [-0.39, 0.29) is 18.8 Å². The molecule has 0 saturated heterocycles. The molecule has 90 valence electrons. The fourth-order valence-corrected chi connectivity index (χ4v) is 1.41. The van der Waals surface area contributed by atoms with Gasteiger partial charge >= 0.3 is 6.18 Å². The van der Waals surface area contributed by atoms with Gasteiger partial charge in [-0.15, -0.1) is 0 Å². The molecule has 0 fully saturated rings. The summed E-state index contributed by atoms with van der Waals surface area (Å²) in [5.41, 5.74) is 5.10. The molecule has 1 atom stereocenters. The predicted molar refractivity (Wildman–Crippen MR) is 57.8 cm³/mol. The van der Waals surface area contributed by atoms with Crippen LogP contribution in [0.5, 0.6) is 0 Å². The summed E-state index contributed by atoms with van der Waals surface area (Å²) in [6.45, 7) is 0.227. The van der Waals surface area contributed by atoms with E-state index in [2.05, 4.69) is 26.2 Å². The first kappa shape index (κ1) is 13.4. The maximum Gasteiger partial charge on any atom is 0.409 e. The molecule has 0 radical (unpaired) electrons. The molecule has 0 aromatic carbocycles. The fourth-order valence-electron chi connectivity index (χ4n) is 1.17. The maximum absolute atomic E-state index is 12.7. The Morgan fingerprint density at radius 3 is 2.56 bits per heavy atom. The Bertz CT molecular complexity index is 326. The number of halogens is 4. The quantitative estimate of drug-likeness (QED) is 0.894. The van der Waals surface area contributed by atoms with Crippen molar-refractivity contribution in [2.75, 3.05) is 13.1 Å². The van der Waals surface area contributed by atoms with E-state index in [9.17, 15) is 13.2 Å². The number of nitrogens with zero attached hydrogens (tertiary/aromatic N) is 1. The summed E-state index contributed by atoms with van der Waals surface area (Å²) in [6.07, 6.45) is -3.05. The van der Waals surface area contributed by atoms with Crippen LogP contribution >= 0.6 is 15.9 Å². The zero-order valence-electron chi connectivity index (χ0n) is 8.26. The first-order valence-electron chi connectivity index (χ1n) is 4.56. The molecule has 1 unspecified atom stereocenters. The van der Waals surface area contributed by atoms with Crippen LogP contribution in [0.3, 0.4) is 0 Å². The predicted octanol–water partition coefficient (Wildman–Crippen LogP) is 2.00. The van der Waals surface area contributed by atoms with E-state index in [4.69, 9.17) is 5.73 Å². The maximum atomic E-state index is 12.7. The summed E-state index contributed by atoms with van der Waals surface area (Å²) >= 11 is 3.11. The lowest BCUT2D eigenvalue weighted by molar-refractivity contribution is -0.158. The Kier molecular flexibility index (Phi) is 4.69. The van der Waals surface area contributed by atoms with Gasteiger partial charge in [-0.25, -0.2) is 0 Å². The number of nitrogens with one attached hydrogen (secondary N) is 1. The van der Waals surface area contributed by atoms with Crippen molar-refractivity contribution in [1.82, 2.24) is 10.3 Å². The van der Waals surface area contributed by atoms with Crippen LogP contribution < -0.4 is 11.1 Å². The van der Waals surface area contributed by atoms with Crippen molar-refractivity contribution in [3.63, 3.8) is 0 Å². The number of hydrogen-bond acceptors (Lipinski definition) is 3. The SMILES string of the molecule is NCCNC(c1ccc(Br)cn1)C(F)(F)F. The minimum absolute atomic E-state index is 0.0656. The first-order chi connectivity index (χ1) is 7.45. The van der Waals surface area contributed by atoms with Crippen LogP contribution in [0.4, 0.5) is 13.2 Å². The minimum atomic E-state index is -4.38. The van der Waals surface area contributed by atoms with Crippen LogP contribution in [0.15, 0.2) is 22.8 Å². The molecule has 0 aliphatic carbocycles. The molecular weight excluding hydrogens is 287 g/mol. The highest BCUT2D eigenvalue weighted by Gasteiger charge is 2.41. The summed E-state index contributed by atoms with van der Waals surface area (Å²) in [7, 11) is 0. The van der Waals surface area contributed by atoms with Gasteiger partial charge in [-0.3, -0.25) is 10.3 Å². The molecule has 3 nitrogen and oxygen atoms in total. The molecule has 1 rings (SSSR count). The second kappa shape index (κ2) is 5.60. The third kappa shape index (κ3) is 3.73. The smallest absolute Gasteiger partial charge is 0.329 e. The van der Waals surface area contributed by atoms with Gasteiger partial charge in [0.05, 0.1) is 5.69 Å². The average Bonchev–Trinajstić information content (AvgIpc) is 2.19. The van der Waals surface area contributed by atoms with E-state index in [1.165, 1.54) is 18.3 Å². The molecule has 1 aromatic heterocycles. The molecule has 3 N–H and O–H groups in total. The first-order valence-corrected chi connectivity index (χ1v) is 5.36. The Labute approximate surface area is 99.4 Å². The Morgan fingerprint density at radius 2 is 2.12 bits per heavy atom. The van der Waals surface area contributed by atoms with Gasteiger partial charge in [0.15, 0.2) is 0 Å². The highest BCUT2D eigenvalue weighted by molar-refractivity contribution is 9.10. The number of rotatable bonds is 4. The van der Waals surface area contributed by atoms with Gasteiger partial charge in [0.25, 0.3) is 0 Å². The van der Waals surface area contributed by atoms with Gasteiger partial charge in [0.1, 0.15) is 6.04 Å². The third-order valence-corrected chi connectivity index (χ3v) is 2.34. The zero-order valence-corrected chi connectivity index (χ0v) is 9.85.